The molecular weight excluding hydrogens is 472 g/mol. The van der Waals surface area contributed by atoms with Gasteiger partial charge in [0.1, 0.15) is 12.4 Å². The SMILES string of the molecule is CCO[C@@H](Cc1ccc(OCCNC2[C@@H]3CN(CCC(F)(F)F)C[C@@H]23)cc1)C(=O)O.Cl.Cl. The van der Waals surface area contributed by atoms with E-state index >= 15 is 0 Å². The molecule has 1 aliphatic carbocycles. The third kappa shape index (κ3) is 8.59. The van der Waals surface area contributed by atoms with E-state index in [1.54, 1.807) is 6.92 Å². The number of nitrogens with zero attached hydrogens (tertiary/aromatic N) is 1. The number of alkyl halides is 3. The summed E-state index contributed by atoms with van der Waals surface area (Å²) in [5, 5.41) is 12.6. The molecule has 184 valence electrons. The molecule has 3 atom stereocenters. The zero-order valence-corrected chi connectivity index (χ0v) is 19.5. The summed E-state index contributed by atoms with van der Waals surface area (Å²) in [5.41, 5.74) is 0.863. The molecule has 11 heteroatoms. The Bertz CT molecular complexity index is 697. The van der Waals surface area contributed by atoms with Gasteiger partial charge in [0.2, 0.25) is 0 Å². The van der Waals surface area contributed by atoms with E-state index in [1.165, 1.54) is 0 Å². The Morgan fingerprint density at radius 1 is 1.22 bits per heavy atom. The van der Waals surface area contributed by atoms with Gasteiger partial charge in [-0.05, 0) is 36.5 Å². The van der Waals surface area contributed by atoms with Gasteiger partial charge in [-0.2, -0.15) is 13.2 Å². The van der Waals surface area contributed by atoms with Crippen molar-refractivity contribution in [3.8, 4) is 5.75 Å². The van der Waals surface area contributed by atoms with Crippen LogP contribution in [0, 0.1) is 11.8 Å². The maximum Gasteiger partial charge on any atom is 0.390 e. The highest BCUT2D eigenvalue weighted by Crippen LogP contribution is 2.45. The number of likely N-dealkylation sites (tertiary alicyclic amines) is 1. The number of nitrogens with one attached hydrogen (secondary N) is 1. The van der Waals surface area contributed by atoms with Crippen LogP contribution in [0.3, 0.4) is 0 Å². The van der Waals surface area contributed by atoms with Crippen LogP contribution in [0.1, 0.15) is 18.9 Å². The van der Waals surface area contributed by atoms with Gasteiger partial charge in [-0.3, -0.25) is 0 Å². The van der Waals surface area contributed by atoms with E-state index in [2.05, 4.69) is 5.32 Å². The number of rotatable bonds is 12. The Morgan fingerprint density at radius 3 is 2.38 bits per heavy atom. The van der Waals surface area contributed by atoms with Crippen LogP contribution in [-0.4, -0.2) is 73.7 Å². The third-order valence-corrected chi connectivity index (χ3v) is 5.72. The summed E-state index contributed by atoms with van der Waals surface area (Å²) in [7, 11) is 0. The summed E-state index contributed by atoms with van der Waals surface area (Å²) in [6, 6.07) is 7.66. The fourth-order valence-electron chi connectivity index (χ4n) is 4.13. The van der Waals surface area contributed by atoms with Crippen molar-refractivity contribution in [3.05, 3.63) is 29.8 Å². The molecule has 0 radical (unpaired) electrons. The lowest BCUT2D eigenvalue weighted by Crippen LogP contribution is -2.34. The van der Waals surface area contributed by atoms with E-state index in [0.29, 0.717) is 49.8 Å². The fourth-order valence-corrected chi connectivity index (χ4v) is 4.13. The van der Waals surface area contributed by atoms with Crippen LogP contribution in [0.4, 0.5) is 13.2 Å². The first kappa shape index (κ1) is 28.8. The monoisotopic (exact) mass is 502 g/mol. The second kappa shape index (κ2) is 12.8. The highest BCUT2D eigenvalue weighted by atomic mass is 35.5. The van der Waals surface area contributed by atoms with E-state index in [1.807, 2.05) is 29.2 Å². The summed E-state index contributed by atoms with van der Waals surface area (Å²) in [6.07, 6.45) is -5.37. The molecule has 2 aliphatic rings. The van der Waals surface area contributed by atoms with E-state index < -0.39 is 24.7 Å². The molecule has 1 aliphatic heterocycles. The lowest BCUT2D eigenvalue weighted by molar-refractivity contribution is -0.150. The number of hydrogen-bond acceptors (Lipinski definition) is 5. The Morgan fingerprint density at radius 2 is 1.84 bits per heavy atom. The Labute approximate surface area is 198 Å². The number of benzene rings is 1. The van der Waals surface area contributed by atoms with Gasteiger partial charge in [-0.15, -0.1) is 24.8 Å². The smallest absolute Gasteiger partial charge is 0.390 e. The number of carbonyl (C=O) groups is 1. The van der Waals surface area contributed by atoms with Crippen molar-refractivity contribution < 1.29 is 32.5 Å². The van der Waals surface area contributed by atoms with Crippen LogP contribution >= 0.6 is 24.8 Å². The van der Waals surface area contributed by atoms with Gasteiger partial charge in [-0.1, -0.05) is 12.1 Å². The summed E-state index contributed by atoms with van der Waals surface area (Å²) in [6.45, 7) is 4.84. The van der Waals surface area contributed by atoms with Gasteiger partial charge < -0.3 is 24.8 Å². The average Bonchev–Trinajstić information content (AvgIpc) is 3.13. The van der Waals surface area contributed by atoms with Crippen LogP contribution in [0.15, 0.2) is 24.3 Å². The summed E-state index contributed by atoms with van der Waals surface area (Å²) < 4.78 is 47.8. The fraction of sp³-hybridized carbons (Fsp3) is 0.667. The predicted molar refractivity (Wildman–Crippen MR) is 119 cm³/mol. The molecule has 3 rings (SSSR count). The minimum Gasteiger partial charge on any atom is -0.492 e. The molecular formula is C21H31Cl2F3N2O4. The molecule has 2 N–H and O–H groups in total. The summed E-state index contributed by atoms with van der Waals surface area (Å²) >= 11 is 0. The maximum absolute atomic E-state index is 12.3. The summed E-state index contributed by atoms with van der Waals surface area (Å²) in [4.78, 5) is 13.1. The van der Waals surface area contributed by atoms with Gasteiger partial charge in [-0.25, -0.2) is 4.79 Å². The van der Waals surface area contributed by atoms with Crippen molar-refractivity contribution in [2.75, 3.05) is 39.4 Å². The minimum atomic E-state index is -4.08. The first-order valence-electron chi connectivity index (χ1n) is 10.4. The van der Waals surface area contributed by atoms with Crippen molar-refractivity contribution >= 4 is 30.8 Å². The van der Waals surface area contributed by atoms with Crippen LogP contribution in [0.25, 0.3) is 0 Å². The van der Waals surface area contributed by atoms with E-state index in [-0.39, 0.29) is 31.4 Å². The van der Waals surface area contributed by atoms with E-state index in [0.717, 1.165) is 18.7 Å². The molecule has 1 saturated carbocycles. The van der Waals surface area contributed by atoms with Crippen LogP contribution in [-0.2, 0) is 16.0 Å². The van der Waals surface area contributed by atoms with Gasteiger partial charge in [0, 0.05) is 45.2 Å². The van der Waals surface area contributed by atoms with Crippen LogP contribution in [0.5, 0.6) is 5.75 Å². The third-order valence-electron chi connectivity index (χ3n) is 5.72. The first-order valence-corrected chi connectivity index (χ1v) is 10.4. The number of fused-ring (bicyclic) bond motifs is 1. The number of aliphatic carboxylic acids is 1. The van der Waals surface area contributed by atoms with Gasteiger partial charge in [0.15, 0.2) is 6.10 Å². The largest absolute Gasteiger partial charge is 0.492 e. The molecule has 0 unspecified atom stereocenters. The highest BCUT2D eigenvalue weighted by Gasteiger charge is 2.55. The van der Waals surface area contributed by atoms with Crippen molar-refractivity contribution in [2.45, 2.75) is 38.1 Å². The molecule has 1 saturated heterocycles. The zero-order chi connectivity index (χ0) is 21.7. The molecule has 6 nitrogen and oxygen atoms in total. The normalized spacial score (nSPS) is 22.9. The summed E-state index contributed by atoms with van der Waals surface area (Å²) in [5.74, 6) is 0.629. The Kier molecular flexibility index (Phi) is 11.5. The van der Waals surface area contributed by atoms with E-state index in [4.69, 9.17) is 14.6 Å². The highest BCUT2D eigenvalue weighted by molar-refractivity contribution is 5.85. The molecule has 0 spiro atoms. The van der Waals surface area contributed by atoms with Gasteiger partial charge in [0.05, 0.1) is 6.42 Å². The molecule has 1 heterocycles. The van der Waals surface area contributed by atoms with Crippen LogP contribution in [0.2, 0.25) is 0 Å². The number of halogens is 5. The number of ether oxygens (including phenoxy) is 2. The Balaban J connectivity index is 0.00000256. The molecule has 32 heavy (non-hydrogen) atoms. The Hall–Kier alpha value is -1.26. The molecule has 1 aromatic carbocycles. The van der Waals surface area contributed by atoms with E-state index in [9.17, 15) is 18.0 Å². The van der Waals surface area contributed by atoms with Crippen molar-refractivity contribution in [1.82, 2.24) is 10.2 Å². The molecule has 2 fully saturated rings. The van der Waals surface area contributed by atoms with Crippen molar-refractivity contribution in [2.24, 2.45) is 11.8 Å². The molecule has 0 aromatic heterocycles. The zero-order valence-electron chi connectivity index (χ0n) is 17.8. The number of piperidine rings is 1. The second-order valence-corrected chi connectivity index (χ2v) is 7.91. The molecule has 1 aromatic rings. The topological polar surface area (TPSA) is 71.0 Å². The van der Waals surface area contributed by atoms with Crippen LogP contribution < -0.4 is 10.1 Å². The maximum atomic E-state index is 12.3. The molecule has 0 amide bonds. The lowest BCUT2D eigenvalue weighted by atomic mass is 10.1. The van der Waals surface area contributed by atoms with Gasteiger partial charge in [0.25, 0.3) is 0 Å². The van der Waals surface area contributed by atoms with Crippen molar-refractivity contribution in [3.63, 3.8) is 0 Å². The number of carboxylic acids is 1. The standard InChI is InChI=1S/C21H29F3N2O4.2ClH/c1-2-29-18(20(27)28)11-14-3-5-15(6-4-14)30-10-8-25-19-16-12-26(13-17(16)19)9-7-21(22,23)24;;/h3-6,16-19,25H,2,7-13H2,1H3,(H,27,28);2*1H/t16-,17-,18+;;/m1../s1. The van der Waals surface area contributed by atoms with Gasteiger partial charge >= 0.3 is 12.1 Å². The predicted octanol–water partition coefficient (Wildman–Crippen LogP) is 3.41. The molecule has 0 bridgehead atoms. The minimum absolute atomic E-state index is 0. The quantitative estimate of drug-likeness (QED) is 0.426. The first-order chi connectivity index (χ1) is 14.3. The second-order valence-electron chi connectivity index (χ2n) is 7.91. The number of hydrogen-bond donors (Lipinski definition) is 2. The average molecular weight is 503 g/mol. The van der Waals surface area contributed by atoms with Crippen molar-refractivity contribution in [1.29, 1.82) is 0 Å². The lowest BCUT2D eigenvalue weighted by Gasteiger charge is -2.20. The number of carboxylic acid groups (broad SMARTS) is 1.